The van der Waals surface area contributed by atoms with Gasteiger partial charge < -0.3 is 4.90 Å². The summed E-state index contributed by atoms with van der Waals surface area (Å²) < 4.78 is 14.5. The van der Waals surface area contributed by atoms with Crippen molar-refractivity contribution in [3.05, 3.63) is 34.1 Å². The van der Waals surface area contributed by atoms with Gasteiger partial charge in [0.15, 0.2) is 0 Å². The summed E-state index contributed by atoms with van der Waals surface area (Å²) in [6, 6.07) is 5.33. The second-order valence-corrected chi connectivity index (χ2v) is 6.35. The topological polar surface area (TPSA) is 3.24 Å². The molecule has 3 heteroatoms. The number of halogens is 2. The summed E-state index contributed by atoms with van der Waals surface area (Å²) in [4.78, 5) is 2.25. The number of nitrogens with zero attached hydrogens (tertiary/aromatic N) is 1. The minimum Gasteiger partial charge on any atom is -0.302 e. The van der Waals surface area contributed by atoms with E-state index in [2.05, 4.69) is 27.9 Å². The summed E-state index contributed by atoms with van der Waals surface area (Å²) >= 11 is 3.29. The van der Waals surface area contributed by atoms with Gasteiger partial charge in [0.25, 0.3) is 0 Å². The van der Waals surface area contributed by atoms with Gasteiger partial charge in [0, 0.05) is 23.1 Å². The maximum absolute atomic E-state index is 13.7. The molecule has 0 amide bonds. The van der Waals surface area contributed by atoms with Crippen LogP contribution in [0, 0.1) is 11.7 Å². The molecule has 0 aliphatic heterocycles. The molecule has 1 fully saturated rings. The van der Waals surface area contributed by atoms with Crippen molar-refractivity contribution in [2.24, 2.45) is 5.92 Å². The van der Waals surface area contributed by atoms with Gasteiger partial charge in [0.1, 0.15) is 5.82 Å². The van der Waals surface area contributed by atoms with Crippen molar-refractivity contribution in [1.82, 2.24) is 4.90 Å². The molecule has 100 valence electrons. The first-order chi connectivity index (χ1) is 8.65. The lowest BCUT2D eigenvalue weighted by atomic mass is 9.89. The molecule has 0 unspecified atom stereocenters. The zero-order valence-electron chi connectivity index (χ0n) is 11.0. The van der Waals surface area contributed by atoms with Gasteiger partial charge >= 0.3 is 0 Å². The van der Waals surface area contributed by atoms with Crippen molar-refractivity contribution in [3.8, 4) is 0 Å². The highest BCUT2D eigenvalue weighted by Crippen LogP contribution is 2.25. The molecule has 1 aliphatic carbocycles. The fourth-order valence-corrected chi connectivity index (χ4v) is 3.15. The Kier molecular flexibility index (Phi) is 5.19. The second kappa shape index (κ2) is 6.67. The van der Waals surface area contributed by atoms with Crippen LogP contribution in [0.3, 0.4) is 0 Å². The zero-order chi connectivity index (χ0) is 13.0. The van der Waals surface area contributed by atoms with Gasteiger partial charge in [-0.25, -0.2) is 4.39 Å². The van der Waals surface area contributed by atoms with Crippen LogP contribution in [-0.4, -0.2) is 18.5 Å². The summed E-state index contributed by atoms with van der Waals surface area (Å²) in [6.45, 7) is 1.80. The van der Waals surface area contributed by atoms with E-state index in [1.54, 1.807) is 6.07 Å². The van der Waals surface area contributed by atoms with E-state index >= 15 is 0 Å². The quantitative estimate of drug-likeness (QED) is 0.785. The van der Waals surface area contributed by atoms with Gasteiger partial charge in [-0.2, -0.15) is 0 Å². The van der Waals surface area contributed by atoms with E-state index < -0.39 is 0 Å². The lowest BCUT2D eigenvalue weighted by Gasteiger charge is -2.27. The van der Waals surface area contributed by atoms with Crippen LogP contribution in [-0.2, 0) is 6.54 Å². The molecular formula is C15H21BrFN. The molecule has 1 aromatic rings. The van der Waals surface area contributed by atoms with E-state index in [-0.39, 0.29) is 5.82 Å². The Labute approximate surface area is 118 Å². The summed E-state index contributed by atoms with van der Waals surface area (Å²) in [5, 5.41) is 0. The van der Waals surface area contributed by atoms with Gasteiger partial charge in [0.05, 0.1) is 0 Å². The molecule has 0 aromatic heterocycles. The SMILES string of the molecule is CN(Cc1ccc(Br)cc1F)CC1CCCCC1. The van der Waals surface area contributed by atoms with Crippen molar-refractivity contribution >= 4 is 15.9 Å². The predicted octanol–water partition coefficient (Wildman–Crippen LogP) is 4.60. The molecule has 1 nitrogen and oxygen atoms in total. The van der Waals surface area contributed by atoms with Crippen molar-refractivity contribution in [1.29, 1.82) is 0 Å². The fraction of sp³-hybridized carbons (Fsp3) is 0.600. The summed E-state index contributed by atoms with van der Waals surface area (Å²) in [7, 11) is 2.09. The number of rotatable bonds is 4. The first-order valence-corrected chi connectivity index (χ1v) is 7.57. The highest BCUT2D eigenvalue weighted by atomic mass is 79.9. The van der Waals surface area contributed by atoms with Gasteiger partial charge in [-0.15, -0.1) is 0 Å². The Morgan fingerprint density at radius 2 is 2.00 bits per heavy atom. The van der Waals surface area contributed by atoms with Crippen molar-refractivity contribution in [3.63, 3.8) is 0 Å². The molecular weight excluding hydrogens is 293 g/mol. The Hall–Kier alpha value is -0.410. The average Bonchev–Trinajstić information content (AvgIpc) is 2.34. The Balaban J connectivity index is 1.87. The molecule has 0 saturated heterocycles. The smallest absolute Gasteiger partial charge is 0.128 e. The Morgan fingerprint density at radius 1 is 1.28 bits per heavy atom. The Bertz CT molecular complexity index is 388. The number of benzene rings is 1. The van der Waals surface area contributed by atoms with Crippen LogP contribution in [0.25, 0.3) is 0 Å². The number of hydrogen-bond donors (Lipinski definition) is 0. The molecule has 0 bridgehead atoms. The van der Waals surface area contributed by atoms with Gasteiger partial charge in [0.2, 0.25) is 0 Å². The summed E-state index contributed by atoms with van der Waals surface area (Å²) in [5.74, 6) is 0.696. The highest BCUT2D eigenvalue weighted by molar-refractivity contribution is 9.10. The lowest BCUT2D eigenvalue weighted by Crippen LogP contribution is -2.27. The van der Waals surface area contributed by atoms with Crippen molar-refractivity contribution < 1.29 is 4.39 Å². The van der Waals surface area contributed by atoms with E-state index in [0.29, 0.717) is 6.54 Å². The summed E-state index contributed by atoms with van der Waals surface area (Å²) in [6.07, 6.45) is 6.80. The summed E-state index contributed by atoms with van der Waals surface area (Å²) in [5.41, 5.74) is 0.788. The lowest BCUT2D eigenvalue weighted by molar-refractivity contribution is 0.226. The highest BCUT2D eigenvalue weighted by Gasteiger charge is 2.16. The van der Waals surface area contributed by atoms with Crippen LogP contribution < -0.4 is 0 Å². The molecule has 1 aliphatic rings. The van der Waals surface area contributed by atoms with Crippen molar-refractivity contribution in [2.75, 3.05) is 13.6 Å². The van der Waals surface area contributed by atoms with E-state index in [0.717, 1.165) is 22.5 Å². The second-order valence-electron chi connectivity index (χ2n) is 5.44. The van der Waals surface area contributed by atoms with Crippen molar-refractivity contribution in [2.45, 2.75) is 38.6 Å². The van der Waals surface area contributed by atoms with Crippen LogP contribution in [0.4, 0.5) is 4.39 Å². The van der Waals surface area contributed by atoms with E-state index in [4.69, 9.17) is 0 Å². The van der Waals surface area contributed by atoms with E-state index in [1.807, 2.05) is 12.1 Å². The predicted molar refractivity (Wildman–Crippen MR) is 77.0 cm³/mol. The van der Waals surface area contributed by atoms with Gasteiger partial charge in [-0.1, -0.05) is 41.3 Å². The molecule has 0 radical (unpaired) electrons. The minimum absolute atomic E-state index is 0.111. The maximum atomic E-state index is 13.7. The van der Waals surface area contributed by atoms with E-state index in [9.17, 15) is 4.39 Å². The fourth-order valence-electron chi connectivity index (χ4n) is 2.82. The number of hydrogen-bond acceptors (Lipinski definition) is 1. The molecule has 2 rings (SSSR count). The third kappa shape index (κ3) is 4.06. The first-order valence-electron chi connectivity index (χ1n) is 6.77. The largest absolute Gasteiger partial charge is 0.302 e. The molecule has 0 N–H and O–H groups in total. The van der Waals surface area contributed by atoms with Gasteiger partial charge in [-0.3, -0.25) is 0 Å². The van der Waals surface area contributed by atoms with E-state index in [1.165, 1.54) is 32.1 Å². The maximum Gasteiger partial charge on any atom is 0.128 e. The third-order valence-electron chi connectivity index (χ3n) is 3.75. The molecule has 18 heavy (non-hydrogen) atoms. The molecule has 0 spiro atoms. The zero-order valence-corrected chi connectivity index (χ0v) is 12.5. The average molecular weight is 314 g/mol. The standard InChI is InChI=1S/C15H21BrFN/c1-18(10-12-5-3-2-4-6-12)11-13-7-8-14(16)9-15(13)17/h7-9,12H,2-6,10-11H2,1H3. The van der Waals surface area contributed by atoms with Gasteiger partial charge in [-0.05, 0) is 37.9 Å². The van der Waals surface area contributed by atoms with Crippen LogP contribution in [0.2, 0.25) is 0 Å². The minimum atomic E-state index is -0.111. The first kappa shape index (κ1) is 14.0. The molecule has 1 aromatic carbocycles. The van der Waals surface area contributed by atoms with Crippen LogP contribution in [0.5, 0.6) is 0 Å². The monoisotopic (exact) mass is 313 g/mol. The Morgan fingerprint density at radius 3 is 2.67 bits per heavy atom. The van der Waals surface area contributed by atoms with Crippen LogP contribution in [0.1, 0.15) is 37.7 Å². The third-order valence-corrected chi connectivity index (χ3v) is 4.24. The molecule has 0 atom stereocenters. The molecule has 0 heterocycles. The normalized spacial score (nSPS) is 17.3. The van der Waals surface area contributed by atoms with Crippen LogP contribution in [0.15, 0.2) is 22.7 Å². The molecule has 1 saturated carbocycles. The van der Waals surface area contributed by atoms with Crippen LogP contribution >= 0.6 is 15.9 Å².